The molecule has 1 aromatic carbocycles. The van der Waals surface area contributed by atoms with Crippen molar-refractivity contribution in [3.05, 3.63) is 87.9 Å². The number of Topliss-reactive ketones (excluding diaryl/α,β-unsaturated/α-hetero) is 1. The normalized spacial score (nSPS) is 19.9. The van der Waals surface area contributed by atoms with E-state index in [-0.39, 0.29) is 11.8 Å². The molecule has 2 aromatic heterocycles. The van der Waals surface area contributed by atoms with E-state index in [1.807, 2.05) is 38.4 Å². The number of benzene rings is 1. The highest BCUT2D eigenvalue weighted by Gasteiger charge is 2.43. The molecule has 1 aliphatic heterocycles. The summed E-state index contributed by atoms with van der Waals surface area (Å²) in [6.07, 6.45) is 4.75. The molecule has 1 fully saturated rings. The molecule has 0 N–H and O–H groups in total. The van der Waals surface area contributed by atoms with E-state index in [1.165, 1.54) is 4.88 Å². The minimum atomic E-state index is -0.448. The standard InChI is InChI=1S/C27H31N3OS/c1-27(2)19-30(16-14-23-9-7-17-32-23)25(20-10-12-22(13-11-20)29(3)4)24(26(27)31)18-21-8-5-6-15-28-21/h5-13,15,17-18,25H,14,16,19H2,1-4H3. The summed E-state index contributed by atoms with van der Waals surface area (Å²) in [6, 6.07) is 18.6. The molecule has 32 heavy (non-hydrogen) atoms. The maximum atomic E-state index is 13.7. The lowest BCUT2D eigenvalue weighted by Crippen LogP contribution is -2.49. The molecule has 166 valence electrons. The van der Waals surface area contributed by atoms with Gasteiger partial charge in [-0.3, -0.25) is 14.7 Å². The fraction of sp³-hybridized carbons (Fsp3) is 0.333. The Morgan fingerprint density at radius 3 is 2.53 bits per heavy atom. The highest BCUT2D eigenvalue weighted by molar-refractivity contribution is 7.09. The van der Waals surface area contributed by atoms with Gasteiger partial charge in [0.15, 0.2) is 5.78 Å². The van der Waals surface area contributed by atoms with Gasteiger partial charge in [-0.1, -0.05) is 38.1 Å². The Labute approximate surface area is 195 Å². The lowest BCUT2D eigenvalue weighted by molar-refractivity contribution is -0.128. The highest BCUT2D eigenvalue weighted by Crippen LogP contribution is 2.42. The van der Waals surface area contributed by atoms with Crippen LogP contribution in [0.4, 0.5) is 5.69 Å². The molecular weight excluding hydrogens is 414 g/mol. The van der Waals surface area contributed by atoms with Crippen LogP contribution in [0.2, 0.25) is 0 Å². The van der Waals surface area contributed by atoms with Gasteiger partial charge in [0.2, 0.25) is 0 Å². The van der Waals surface area contributed by atoms with Crippen LogP contribution in [0.5, 0.6) is 0 Å². The molecule has 0 spiro atoms. The Bertz CT molecular complexity index is 1070. The first kappa shape index (κ1) is 22.4. The minimum absolute atomic E-state index is 0.0892. The van der Waals surface area contributed by atoms with Crippen molar-refractivity contribution in [1.29, 1.82) is 0 Å². The number of rotatable bonds is 6. The molecular formula is C27H31N3OS. The number of nitrogens with zero attached hydrogens (tertiary/aromatic N) is 3. The van der Waals surface area contributed by atoms with E-state index >= 15 is 0 Å². The average molecular weight is 446 g/mol. The number of thiophene rings is 1. The number of hydrogen-bond donors (Lipinski definition) is 0. The number of piperidine rings is 1. The first-order valence-corrected chi connectivity index (χ1v) is 11.9. The maximum Gasteiger partial charge on any atom is 0.167 e. The summed E-state index contributed by atoms with van der Waals surface area (Å²) in [6.45, 7) is 5.75. The maximum absolute atomic E-state index is 13.7. The monoisotopic (exact) mass is 445 g/mol. The Morgan fingerprint density at radius 1 is 1.12 bits per heavy atom. The second kappa shape index (κ2) is 9.39. The number of carbonyl (C=O) groups excluding carboxylic acids is 1. The second-order valence-electron chi connectivity index (χ2n) is 9.26. The molecule has 1 aliphatic rings. The third kappa shape index (κ3) is 4.84. The Kier molecular flexibility index (Phi) is 6.58. The lowest BCUT2D eigenvalue weighted by atomic mass is 9.74. The molecule has 4 nitrogen and oxygen atoms in total. The van der Waals surface area contributed by atoms with E-state index in [4.69, 9.17) is 0 Å². The summed E-state index contributed by atoms with van der Waals surface area (Å²) in [5.41, 5.74) is 3.49. The minimum Gasteiger partial charge on any atom is -0.378 e. The van der Waals surface area contributed by atoms with Gasteiger partial charge >= 0.3 is 0 Å². The Morgan fingerprint density at radius 2 is 1.91 bits per heavy atom. The van der Waals surface area contributed by atoms with Crippen molar-refractivity contribution in [2.24, 2.45) is 5.41 Å². The van der Waals surface area contributed by atoms with Crippen LogP contribution in [0.25, 0.3) is 6.08 Å². The SMILES string of the molecule is CN(C)c1ccc(C2C(=Cc3ccccn3)C(=O)C(C)(C)CN2CCc2cccs2)cc1. The molecule has 1 atom stereocenters. The van der Waals surface area contributed by atoms with Gasteiger partial charge in [0.1, 0.15) is 0 Å². The van der Waals surface area contributed by atoms with Gasteiger partial charge in [-0.2, -0.15) is 0 Å². The summed E-state index contributed by atoms with van der Waals surface area (Å²) >= 11 is 1.79. The van der Waals surface area contributed by atoms with Gasteiger partial charge in [0.05, 0.1) is 11.7 Å². The van der Waals surface area contributed by atoms with Crippen molar-refractivity contribution in [3.63, 3.8) is 0 Å². The first-order valence-electron chi connectivity index (χ1n) is 11.1. The largest absolute Gasteiger partial charge is 0.378 e. The summed E-state index contributed by atoms with van der Waals surface area (Å²) in [5.74, 6) is 0.206. The molecule has 5 heteroatoms. The molecule has 0 radical (unpaired) electrons. The van der Waals surface area contributed by atoms with Crippen molar-refractivity contribution in [3.8, 4) is 0 Å². The Balaban J connectivity index is 1.77. The smallest absolute Gasteiger partial charge is 0.167 e. The van der Waals surface area contributed by atoms with Crippen LogP contribution in [-0.2, 0) is 11.2 Å². The fourth-order valence-corrected chi connectivity index (χ4v) is 5.11. The first-order chi connectivity index (χ1) is 15.3. The molecule has 0 amide bonds. The zero-order valence-electron chi connectivity index (χ0n) is 19.3. The number of anilines is 1. The number of carbonyl (C=O) groups is 1. The van der Waals surface area contributed by atoms with Crippen LogP contribution < -0.4 is 4.90 Å². The van der Waals surface area contributed by atoms with Crippen LogP contribution in [-0.4, -0.2) is 42.9 Å². The predicted molar refractivity (Wildman–Crippen MR) is 134 cm³/mol. The van der Waals surface area contributed by atoms with Crippen LogP contribution in [0, 0.1) is 5.41 Å². The van der Waals surface area contributed by atoms with Crippen LogP contribution >= 0.6 is 11.3 Å². The lowest BCUT2D eigenvalue weighted by Gasteiger charge is -2.44. The van der Waals surface area contributed by atoms with Crippen molar-refractivity contribution in [2.75, 3.05) is 32.1 Å². The quantitative estimate of drug-likeness (QED) is 0.470. The number of likely N-dealkylation sites (tertiary alicyclic amines) is 1. The summed E-state index contributed by atoms with van der Waals surface area (Å²) in [5, 5.41) is 2.13. The second-order valence-corrected chi connectivity index (χ2v) is 10.3. The topological polar surface area (TPSA) is 36.4 Å². The van der Waals surface area contributed by atoms with Crippen molar-refractivity contribution in [2.45, 2.75) is 26.3 Å². The molecule has 0 saturated carbocycles. The van der Waals surface area contributed by atoms with E-state index in [9.17, 15) is 4.79 Å². The van der Waals surface area contributed by atoms with Gasteiger partial charge in [-0.25, -0.2) is 0 Å². The van der Waals surface area contributed by atoms with E-state index in [0.29, 0.717) is 0 Å². The van der Waals surface area contributed by atoms with Crippen molar-refractivity contribution in [1.82, 2.24) is 9.88 Å². The van der Waals surface area contributed by atoms with Gasteiger partial charge in [-0.15, -0.1) is 11.3 Å². The number of ketones is 1. The van der Waals surface area contributed by atoms with E-state index < -0.39 is 5.41 Å². The van der Waals surface area contributed by atoms with E-state index in [1.54, 1.807) is 17.5 Å². The number of hydrogen-bond acceptors (Lipinski definition) is 5. The van der Waals surface area contributed by atoms with E-state index in [0.717, 1.165) is 42.0 Å². The molecule has 3 heterocycles. The van der Waals surface area contributed by atoms with Crippen LogP contribution in [0.15, 0.2) is 71.7 Å². The number of aromatic nitrogens is 1. The van der Waals surface area contributed by atoms with Crippen molar-refractivity contribution < 1.29 is 4.79 Å². The highest BCUT2D eigenvalue weighted by atomic mass is 32.1. The van der Waals surface area contributed by atoms with Gasteiger partial charge < -0.3 is 4.90 Å². The van der Waals surface area contributed by atoms with Crippen LogP contribution in [0.1, 0.15) is 36.0 Å². The Hall–Kier alpha value is -2.76. The van der Waals surface area contributed by atoms with Gasteiger partial charge in [-0.05, 0) is 53.8 Å². The molecule has 0 bridgehead atoms. The average Bonchev–Trinajstić information content (AvgIpc) is 3.30. The summed E-state index contributed by atoms with van der Waals surface area (Å²) in [7, 11) is 4.09. The molecule has 0 aliphatic carbocycles. The zero-order valence-corrected chi connectivity index (χ0v) is 20.1. The molecule has 4 rings (SSSR count). The summed E-state index contributed by atoms with van der Waals surface area (Å²) < 4.78 is 0. The van der Waals surface area contributed by atoms with Gasteiger partial charge in [0.25, 0.3) is 0 Å². The van der Waals surface area contributed by atoms with E-state index in [2.05, 4.69) is 70.4 Å². The van der Waals surface area contributed by atoms with Crippen molar-refractivity contribution >= 4 is 28.9 Å². The molecule has 1 saturated heterocycles. The third-order valence-corrected chi connectivity index (χ3v) is 7.01. The van der Waals surface area contributed by atoms with Crippen LogP contribution in [0.3, 0.4) is 0 Å². The molecule has 1 unspecified atom stereocenters. The zero-order chi connectivity index (χ0) is 22.7. The predicted octanol–water partition coefficient (Wildman–Crippen LogP) is 5.49. The summed E-state index contributed by atoms with van der Waals surface area (Å²) in [4.78, 5) is 24.1. The fourth-order valence-electron chi connectivity index (χ4n) is 4.41. The third-order valence-electron chi connectivity index (χ3n) is 6.08. The van der Waals surface area contributed by atoms with Gasteiger partial charge in [0, 0.05) is 54.9 Å². The molecule has 3 aromatic rings. The number of pyridine rings is 1.